The van der Waals surface area contributed by atoms with Crippen molar-refractivity contribution < 1.29 is 22.7 Å². The van der Waals surface area contributed by atoms with Gasteiger partial charge >= 0.3 is 6.18 Å². The zero-order chi connectivity index (χ0) is 15.0. The predicted octanol–water partition coefficient (Wildman–Crippen LogP) is 4.19. The molecule has 1 aromatic carbocycles. The molecule has 3 nitrogen and oxygen atoms in total. The van der Waals surface area contributed by atoms with E-state index in [0.717, 1.165) is 12.5 Å². The molecule has 20 heavy (non-hydrogen) atoms. The molecule has 0 heterocycles. The van der Waals surface area contributed by atoms with Gasteiger partial charge in [-0.05, 0) is 52.9 Å². The van der Waals surface area contributed by atoms with Gasteiger partial charge in [0.25, 0.3) is 0 Å². The summed E-state index contributed by atoms with van der Waals surface area (Å²) in [6.45, 7) is 0. The van der Waals surface area contributed by atoms with E-state index >= 15 is 0 Å². The molecule has 0 unspecified atom stereocenters. The van der Waals surface area contributed by atoms with Crippen LogP contribution in [0.4, 0.5) is 13.2 Å². The lowest BCUT2D eigenvalue weighted by Gasteiger charge is -2.37. The van der Waals surface area contributed by atoms with Crippen LogP contribution in [-0.4, -0.2) is 13.2 Å². The molecular weight excluding hydrogens is 339 g/mol. The van der Waals surface area contributed by atoms with Gasteiger partial charge in [0.05, 0.1) is 22.7 Å². The molecule has 0 saturated heterocycles. The van der Waals surface area contributed by atoms with Gasteiger partial charge in [0, 0.05) is 0 Å². The fraction of sp³-hybridized carbons (Fsp3) is 0.462. The highest BCUT2D eigenvalue weighted by molar-refractivity contribution is 9.10. The van der Waals surface area contributed by atoms with Crippen molar-refractivity contribution in [2.75, 3.05) is 7.11 Å². The van der Waals surface area contributed by atoms with Gasteiger partial charge in [0.1, 0.15) is 5.75 Å². The van der Waals surface area contributed by atoms with Crippen molar-refractivity contribution in [1.82, 2.24) is 0 Å². The maximum atomic E-state index is 13.1. The predicted molar refractivity (Wildman–Crippen MR) is 69.3 cm³/mol. The number of isocyanates is 1. The van der Waals surface area contributed by atoms with E-state index in [1.165, 1.54) is 19.3 Å². The summed E-state index contributed by atoms with van der Waals surface area (Å²) in [7, 11) is 1.18. The Morgan fingerprint density at radius 3 is 2.45 bits per heavy atom. The maximum absolute atomic E-state index is 13.1. The van der Waals surface area contributed by atoms with Gasteiger partial charge in [-0.2, -0.15) is 18.2 Å². The lowest BCUT2D eigenvalue weighted by atomic mass is 9.72. The lowest BCUT2D eigenvalue weighted by molar-refractivity contribution is -0.138. The van der Waals surface area contributed by atoms with Crippen molar-refractivity contribution in [2.45, 2.75) is 31.0 Å². The molecule has 0 N–H and O–H groups in total. The Morgan fingerprint density at radius 2 is 2.05 bits per heavy atom. The van der Waals surface area contributed by atoms with Crippen molar-refractivity contribution in [3.63, 3.8) is 0 Å². The van der Waals surface area contributed by atoms with Gasteiger partial charge in [-0.3, -0.25) is 0 Å². The Kier molecular flexibility index (Phi) is 3.93. The van der Waals surface area contributed by atoms with Gasteiger partial charge in [-0.15, -0.1) is 0 Å². The minimum absolute atomic E-state index is 0.192. The average Bonchev–Trinajstić information content (AvgIpc) is 2.31. The van der Waals surface area contributed by atoms with E-state index in [0.29, 0.717) is 18.4 Å². The summed E-state index contributed by atoms with van der Waals surface area (Å²) >= 11 is 3.08. The van der Waals surface area contributed by atoms with Crippen LogP contribution in [0.15, 0.2) is 21.6 Å². The van der Waals surface area contributed by atoms with E-state index in [1.807, 2.05) is 0 Å². The van der Waals surface area contributed by atoms with Gasteiger partial charge in [0.2, 0.25) is 6.08 Å². The monoisotopic (exact) mass is 349 g/mol. The number of alkyl halides is 3. The maximum Gasteiger partial charge on any atom is 0.420 e. The third kappa shape index (κ3) is 2.47. The third-order valence-electron chi connectivity index (χ3n) is 3.53. The minimum Gasteiger partial charge on any atom is -0.495 e. The summed E-state index contributed by atoms with van der Waals surface area (Å²) in [5, 5.41) is 0. The number of halogens is 4. The summed E-state index contributed by atoms with van der Waals surface area (Å²) in [5.41, 5.74) is -1.40. The zero-order valence-electron chi connectivity index (χ0n) is 10.6. The first-order valence-electron chi connectivity index (χ1n) is 5.88. The summed E-state index contributed by atoms with van der Waals surface area (Å²) in [4.78, 5) is 14.2. The van der Waals surface area contributed by atoms with E-state index < -0.39 is 17.3 Å². The van der Waals surface area contributed by atoms with E-state index in [4.69, 9.17) is 4.74 Å². The summed E-state index contributed by atoms with van der Waals surface area (Å²) in [6, 6.07) is 2.53. The lowest BCUT2D eigenvalue weighted by Crippen LogP contribution is -2.32. The quantitative estimate of drug-likeness (QED) is 0.606. The first-order chi connectivity index (χ1) is 9.34. The SMILES string of the molecule is COc1c(Br)cc(C2(N=C=O)CCC2)cc1C(F)(F)F. The van der Waals surface area contributed by atoms with Crippen molar-refractivity contribution in [2.24, 2.45) is 4.99 Å². The van der Waals surface area contributed by atoms with Crippen LogP contribution in [0.25, 0.3) is 0 Å². The second-order valence-electron chi connectivity index (χ2n) is 4.62. The van der Waals surface area contributed by atoms with Crippen LogP contribution >= 0.6 is 15.9 Å². The second kappa shape index (κ2) is 5.22. The molecule has 0 bridgehead atoms. The molecule has 0 aromatic heterocycles. The molecule has 2 rings (SSSR count). The summed E-state index contributed by atoms with van der Waals surface area (Å²) < 4.78 is 44.2. The molecule has 1 aromatic rings. The Balaban J connectivity index is 2.62. The number of methoxy groups -OCH3 is 1. The largest absolute Gasteiger partial charge is 0.495 e. The second-order valence-corrected chi connectivity index (χ2v) is 5.48. The molecule has 7 heteroatoms. The molecule has 0 radical (unpaired) electrons. The first-order valence-corrected chi connectivity index (χ1v) is 6.67. The van der Waals surface area contributed by atoms with Crippen LogP contribution in [0, 0.1) is 0 Å². The molecule has 0 aliphatic heterocycles. The Hall–Kier alpha value is -1.33. The molecule has 1 fully saturated rings. The van der Waals surface area contributed by atoms with Crippen molar-refractivity contribution >= 4 is 22.0 Å². The number of rotatable bonds is 3. The number of hydrogen-bond acceptors (Lipinski definition) is 3. The van der Waals surface area contributed by atoms with Gasteiger partial charge in [0.15, 0.2) is 0 Å². The molecule has 1 aliphatic carbocycles. The number of hydrogen-bond donors (Lipinski definition) is 0. The van der Waals surface area contributed by atoms with Crippen LogP contribution in [0.3, 0.4) is 0 Å². The average molecular weight is 350 g/mol. The summed E-state index contributed by atoms with van der Waals surface area (Å²) in [5.74, 6) is -0.272. The number of carbonyl (C=O) groups excluding carboxylic acids is 1. The first kappa shape index (κ1) is 15.1. The van der Waals surface area contributed by atoms with Crippen LogP contribution in [0.1, 0.15) is 30.4 Å². The van der Waals surface area contributed by atoms with Crippen molar-refractivity contribution in [3.05, 3.63) is 27.7 Å². The Morgan fingerprint density at radius 1 is 1.40 bits per heavy atom. The van der Waals surface area contributed by atoms with Crippen molar-refractivity contribution in [3.8, 4) is 5.75 Å². The van der Waals surface area contributed by atoms with Crippen LogP contribution in [-0.2, 0) is 16.5 Å². The van der Waals surface area contributed by atoms with E-state index in [9.17, 15) is 18.0 Å². The van der Waals surface area contributed by atoms with Gasteiger partial charge in [-0.1, -0.05) is 0 Å². The number of nitrogens with zero attached hydrogens (tertiary/aromatic N) is 1. The summed E-state index contributed by atoms with van der Waals surface area (Å²) in [6.07, 6.45) is -1.18. The van der Waals surface area contributed by atoms with E-state index in [-0.39, 0.29) is 10.2 Å². The molecular formula is C13H11BrF3NO2. The van der Waals surface area contributed by atoms with Crippen molar-refractivity contribution in [1.29, 1.82) is 0 Å². The minimum atomic E-state index is -4.54. The number of ether oxygens (including phenoxy) is 1. The fourth-order valence-electron chi connectivity index (χ4n) is 2.34. The number of benzene rings is 1. The van der Waals surface area contributed by atoms with Gasteiger partial charge < -0.3 is 4.74 Å². The highest BCUT2D eigenvalue weighted by Crippen LogP contribution is 2.49. The smallest absolute Gasteiger partial charge is 0.420 e. The highest BCUT2D eigenvalue weighted by Gasteiger charge is 2.42. The van der Waals surface area contributed by atoms with E-state index in [2.05, 4.69) is 20.9 Å². The van der Waals surface area contributed by atoms with Gasteiger partial charge in [-0.25, -0.2) is 4.79 Å². The van der Waals surface area contributed by atoms with Crippen LogP contribution in [0.5, 0.6) is 5.75 Å². The molecule has 108 valence electrons. The normalized spacial score (nSPS) is 17.1. The zero-order valence-corrected chi connectivity index (χ0v) is 12.1. The molecule has 1 saturated carbocycles. The molecule has 1 aliphatic rings. The van der Waals surface area contributed by atoms with Crippen LogP contribution < -0.4 is 4.74 Å². The third-order valence-corrected chi connectivity index (χ3v) is 4.12. The molecule has 0 atom stereocenters. The van der Waals surface area contributed by atoms with Crippen LogP contribution in [0.2, 0.25) is 0 Å². The van der Waals surface area contributed by atoms with E-state index in [1.54, 1.807) is 0 Å². The Bertz CT molecular complexity index is 576. The Labute approximate surface area is 122 Å². The highest BCUT2D eigenvalue weighted by atomic mass is 79.9. The topological polar surface area (TPSA) is 38.7 Å². The molecule has 0 spiro atoms. The fourth-order valence-corrected chi connectivity index (χ4v) is 2.97. The standard InChI is InChI=1S/C13H11BrF3NO2/c1-20-11-9(13(15,16)17)5-8(6-10(11)14)12(18-7-19)3-2-4-12/h5-6H,2-4H2,1H3. The molecule has 0 amide bonds. The number of aliphatic imine (C=N–C) groups is 1.